The molecule has 1 N–H and O–H groups in total. The van der Waals surface area contributed by atoms with Gasteiger partial charge in [-0.15, -0.1) is 5.10 Å². The number of aromatic amines is 1. The van der Waals surface area contributed by atoms with Crippen LogP contribution in [-0.2, 0) is 11.3 Å². The number of H-pyrrole nitrogens is 1. The second-order valence-corrected chi connectivity index (χ2v) is 6.62. The lowest BCUT2D eigenvalue weighted by molar-refractivity contribution is -0.0161. The van der Waals surface area contributed by atoms with E-state index < -0.39 is 0 Å². The van der Waals surface area contributed by atoms with Crippen LogP contribution in [0.4, 0.5) is 0 Å². The Bertz CT molecular complexity index is 784. The molecule has 124 valence electrons. The van der Waals surface area contributed by atoms with Crippen molar-refractivity contribution in [3.05, 3.63) is 52.9 Å². The molecule has 3 heterocycles. The van der Waals surface area contributed by atoms with Gasteiger partial charge in [0.15, 0.2) is 0 Å². The molecule has 0 saturated carbocycles. The van der Waals surface area contributed by atoms with Gasteiger partial charge in [-0.25, -0.2) is 4.98 Å². The molecule has 1 fully saturated rings. The van der Waals surface area contributed by atoms with Crippen LogP contribution in [-0.4, -0.2) is 44.2 Å². The van der Waals surface area contributed by atoms with Crippen LogP contribution in [0.15, 0.2) is 35.8 Å². The molecular weight excluding hydrogens is 322 g/mol. The maximum absolute atomic E-state index is 5.68. The van der Waals surface area contributed by atoms with E-state index in [1.807, 2.05) is 11.6 Å². The molecular formula is C17H19N5OS. The summed E-state index contributed by atoms with van der Waals surface area (Å²) >= 11 is 1.39. The first-order valence-corrected chi connectivity index (χ1v) is 8.83. The van der Waals surface area contributed by atoms with Gasteiger partial charge in [0.2, 0.25) is 0 Å². The van der Waals surface area contributed by atoms with Gasteiger partial charge in [0.05, 0.1) is 36.8 Å². The van der Waals surface area contributed by atoms with E-state index in [1.54, 1.807) is 0 Å². The predicted molar refractivity (Wildman–Crippen MR) is 92.6 cm³/mol. The van der Waals surface area contributed by atoms with E-state index in [9.17, 15) is 0 Å². The summed E-state index contributed by atoms with van der Waals surface area (Å²) in [4.78, 5) is 10.4. The van der Waals surface area contributed by atoms with Crippen molar-refractivity contribution in [3.63, 3.8) is 0 Å². The third kappa shape index (κ3) is 3.24. The summed E-state index contributed by atoms with van der Waals surface area (Å²) in [6, 6.07) is 8.56. The standard InChI is InChI=1S/C17H19N5OS/c1-12-2-4-13(5-3-12)15-8-18-17(19-15)16-10-23-7-6-22(16)9-14-11-24-21-20-14/h2-5,8,11,16H,6-7,9-10H2,1H3,(H,18,19)/t16-/m0/s1. The molecule has 0 aliphatic carbocycles. The Hall–Kier alpha value is -2.09. The molecule has 1 saturated heterocycles. The molecule has 0 bridgehead atoms. The molecule has 1 aliphatic heterocycles. The molecule has 1 aliphatic rings. The van der Waals surface area contributed by atoms with Crippen LogP contribution >= 0.6 is 11.5 Å². The molecule has 0 radical (unpaired) electrons. The first-order valence-electron chi connectivity index (χ1n) is 7.99. The fraction of sp³-hybridized carbons (Fsp3) is 0.353. The molecule has 7 heteroatoms. The Balaban J connectivity index is 1.56. The van der Waals surface area contributed by atoms with Gasteiger partial charge in [0, 0.05) is 18.5 Å². The van der Waals surface area contributed by atoms with E-state index in [1.165, 1.54) is 17.1 Å². The van der Waals surface area contributed by atoms with Gasteiger partial charge in [0.1, 0.15) is 5.82 Å². The second-order valence-electron chi connectivity index (χ2n) is 6.01. The first kappa shape index (κ1) is 15.4. The van der Waals surface area contributed by atoms with Crippen molar-refractivity contribution in [1.29, 1.82) is 0 Å². The molecule has 24 heavy (non-hydrogen) atoms. The van der Waals surface area contributed by atoms with Crippen LogP contribution in [0, 0.1) is 6.92 Å². The summed E-state index contributed by atoms with van der Waals surface area (Å²) in [5.74, 6) is 0.938. The Morgan fingerprint density at radius 3 is 3.00 bits per heavy atom. The third-order valence-electron chi connectivity index (χ3n) is 4.28. The Morgan fingerprint density at radius 1 is 1.33 bits per heavy atom. The van der Waals surface area contributed by atoms with Crippen LogP contribution in [0.3, 0.4) is 0 Å². The molecule has 0 spiro atoms. The zero-order valence-electron chi connectivity index (χ0n) is 13.5. The van der Waals surface area contributed by atoms with Gasteiger partial charge in [-0.2, -0.15) is 0 Å². The lowest BCUT2D eigenvalue weighted by Crippen LogP contribution is -2.39. The summed E-state index contributed by atoms with van der Waals surface area (Å²) in [5.41, 5.74) is 4.43. The molecule has 0 unspecified atom stereocenters. The number of nitrogens with one attached hydrogen (secondary N) is 1. The number of aromatic nitrogens is 4. The maximum Gasteiger partial charge on any atom is 0.126 e. The van der Waals surface area contributed by atoms with Crippen LogP contribution in [0.1, 0.15) is 23.1 Å². The molecule has 1 atom stereocenters. The molecule has 3 aromatic rings. The highest BCUT2D eigenvalue weighted by Gasteiger charge is 2.27. The number of imidazole rings is 1. The van der Waals surface area contributed by atoms with Crippen LogP contribution in [0.5, 0.6) is 0 Å². The predicted octanol–water partition coefficient (Wildman–Crippen LogP) is 2.81. The summed E-state index contributed by atoms with van der Waals surface area (Å²) < 4.78 is 9.63. The van der Waals surface area contributed by atoms with Crippen molar-refractivity contribution in [3.8, 4) is 11.3 Å². The van der Waals surface area contributed by atoms with E-state index in [0.29, 0.717) is 6.61 Å². The van der Waals surface area contributed by atoms with Gasteiger partial charge >= 0.3 is 0 Å². The number of benzene rings is 1. The SMILES string of the molecule is Cc1ccc(-c2cnc([C@@H]3COCCN3Cc3csnn3)[nH]2)cc1. The minimum atomic E-state index is 0.111. The van der Waals surface area contributed by atoms with Gasteiger partial charge in [0.25, 0.3) is 0 Å². The fourth-order valence-corrected chi connectivity index (χ4v) is 3.37. The van der Waals surface area contributed by atoms with E-state index in [-0.39, 0.29) is 6.04 Å². The van der Waals surface area contributed by atoms with E-state index in [4.69, 9.17) is 4.74 Å². The number of nitrogens with zero attached hydrogens (tertiary/aromatic N) is 4. The third-order valence-corrected chi connectivity index (χ3v) is 4.84. The maximum atomic E-state index is 5.68. The second kappa shape index (κ2) is 6.80. The highest BCUT2D eigenvalue weighted by Crippen LogP contribution is 2.26. The number of aryl methyl sites for hydroxylation is 1. The Labute approximate surface area is 144 Å². The average molecular weight is 341 g/mol. The molecule has 6 nitrogen and oxygen atoms in total. The monoisotopic (exact) mass is 341 g/mol. The van der Waals surface area contributed by atoms with Crippen molar-refractivity contribution < 1.29 is 4.74 Å². The van der Waals surface area contributed by atoms with Crippen LogP contribution < -0.4 is 0 Å². The van der Waals surface area contributed by atoms with E-state index >= 15 is 0 Å². The molecule has 2 aromatic heterocycles. The number of hydrogen-bond donors (Lipinski definition) is 1. The lowest BCUT2D eigenvalue weighted by atomic mass is 10.1. The minimum absolute atomic E-state index is 0.111. The minimum Gasteiger partial charge on any atom is -0.378 e. The van der Waals surface area contributed by atoms with Gasteiger partial charge in [-0.05, 0) is 24.0 Å². The molecule has 4 rings (SSSR count). The quantitative estimate of drug-likeness (QED) is 0.790. The van der Waals surface area contributed by atoms with Crippen molar-refractivity contribution >= 4 is 11.5 Å². The van der Waals surface area contributed by atoms with Gasteiger partial charge in [-0.1, -0.05) is 34.3 Å². The first-order chi connectivity index (χ1) is 11.8. The van der Waals surface area contributed by atoms with E-state index in [0.717, 1.165) is 42.5 Å². The average Bonchev–Trinajstić information content (AvgIpc) is 3.28. The van der Waals surface area contributed by atoms with Crippen molar-refractivity contribution in [2.24, 2.45) is 0 Å². The molecule has 0 amide bonds. The summed E-state index contributed by atoms with van der Waals surface area (Å²) in [7, 11) is 0. The van der Waals surface area contributed by atoms with Crippen molar-refractivity contribution in [2.75, 3.05) is 19.8 Å². The van der Waals surface area contributed by atoms with E-state index in [2.05, 4.69) is 55.6 Å². The van der Waals surface area contributed by atoms with Gasteiger partial charge < -0.3 is 9.72 Å². The zero-order valence-corrected chi connectivity index (χ0v) is 14.3. The summed E-state index contributed by atoms with van der Waals surface area (Å²) in [6.45, 7) is 5.10. The smallest absolute Gasteiger partial charge is 0.126 e. The molecule has 1 aromatic carbocycles. The summed E-state index contributed by atoms with van der Waals surface area (Å²) in [6.07, 6.45) is 1.90. The Morgan fingerprint density at radius 2 is 2.21 bits per heavy atom. The summed E-state index contributed by atoms with van der Waals surface area (Å²) in [5, 5.41) is 6.15. The largest absolute Gasteiger partial charge is 0.378 e. The normalized spacial score (nSPS) is 18.8. The highest BCUT2D eigenvalue weighted by atomic mass is 32.1. The number of hydrogen-bond acceptors (Lipinski definition) is 6. The fourth-order valence-electron chi connectivity index (χ4n) is 2.93. The number of morpholine rings is 1. The van der Waals surface area contributed by atoms with Crippen molar-refractivity contribution in [2.45, 2.75) is 19.5 Å². The topological polar surface area (TPSA) is 66.9 Å². The van der Waals surface area contributed by atoms with Crippen LogP contribution in [0.2, 0.25) is 0 Å². The highest BCUT2D eigenvalue weighted by molar-refractivity contribution is 7.03. The number of ether oxygens (including phenoxy) is 1. The zero-order chi connectivity index (χ0) is 16.4. The Kier molecular flexibility index (Phi) is 4.38. The lowest BCUT2D eigenvalue weighted by Gasteiger charge is -2.33. The van der Waals surface area contributed by atoms with Crippen LogP contribution in [0.25, 0.3) is 11.3 Å². The number of rotatable bonds is 4. The van der Waals surface area contributed by atoms with Gasteiger partial charge in [-0.3, -0.25) is 4.90 Å². The van der Waals surface area contributed by atoms with Crippen molar-refractivity contribution in [1.82, 2.24) is 24.5 Å².